The number of aromatic hydroxyl groups is 1. The molecule has 8 heteroatoms. The number of primary amides is 1. The van der Waals surface area contributed by atoms with Gasteiger partial charge in [0.2, 0.25) is 11.8 Å². The summed E-state index contributed by atoms with van der Waals surface area (Å²) >= 11 is 0. The minimum absolute atomic E-state index is 0.0351. The summed E-state index contributed by atoms with van der Waals surface area (Å²) in [6, 6.07) is 5.44. The third-order valence-electron chi connectivity index (χ3n) is 7.03. The molecule has 1 aromatic rings. The fourth-order valence-corrected chi connectivity index (χ4v) is 5.69. The largest absolute Gasteiger partial charge is 0.508 e. The van der Waals surface area contributed by atoms with Gasteiger partial charge in [-0.15, -0.1) is 0 Å². The van der Waals surface area contributed by atoms with Crippen LogP contribution in [-0.2, 0) is 19.2 Å². The molecule has 0 bridgehead atoms. The van der Waals surface area contributed by atoms with E-state index in [4.69, 9.17) is 5.73 Å². The molecule has 32 heavy (non-hydrogen) atoms. The second kappa shape index (κ2) is 6.85. The van der Waals surface area contributed by atoms with Crippen molar-refractivity contribution in [1.82, 2.24) is 4.90 Å². The van der Waals surface area contributed by atoms with Gasteiger partial charge in [-0.05, 0) is 37.8 Å². The topological polar surface area (TPSA) is 135 Å². The predicted molar refractivity (Wildman–Crippen MR) is 111 cm³/mol. The van der Waals surface area contributed by atoms with Crippen LogP contribution in [0, 0.1) is 17.8 Å². The van der Waals surface area contributed by atoms with Gasteiger partial charge >= 0.3 is 6.03 Å². The Hall–Kier alpha value is -3.81. The number of urea groups is 1. The van der Waals surface area contributed by atoms with Crippen molar-refractivity contribution in [1.29, 1.82) is 0 Å². The number of phenols is 1. The van der Waals surface area contributed by atoms with E-state index in [0.29, 0.717) is 32.8 Å². The summed E-state index contributed by atoms with van der Waals surface area (Å²) in [5.74, 6) is -4.84. The van der Waals surface area contributed by atoms with Gasteiger partial charge in [-0.25, -0.2) is 4.79 Å². The number of likely N-dealkylation sites (tertiary alicyclic amines) is 1. The molecule has 3 aliphatic carbocycles. The van der Waals surface area contributed by atoms with E-state index in [2.05, 4.69) is 0 Å². The van der Waals surface area contributed by atoms with Gasteiger partial charge in [0.05, 0.1) is 11.8 Å². The number of para-hydroxylation sites is 1. The van der Waals surface area contributed by atoms with Crippen LogP contribution in [0.15, 0.2) is 58.7 Å². The fraction of sp³-hybridized carbons (Fsp3) is 0.292. The van der Waals surface area contributed by atoms with Crippen molar-refractivity contribution in [3.8, 4) is 5.75 Å². The number of carbonyl (C=O) groups excluding carboxylic acids is 5. The van der Waals surface area contributed by atoms with Crippen LogP contribution in [0.1, 0.15) is 31.2 Å². The van der Waals surface area contributed by atoms with Crippen LogP contribution in [0.4, 0.5) is 4.79 Å². The Morgan fingerprint density at radius 1 is 1.09 bits per heavy atom. The third kappa shape index (κ3) is 2.58. The normalized spacial score (nSPS) is 29.3. The summed E-state index contributed by atoms with van der Waals surface area (Å²) in [5.41, 5.74) is 7.33. The highest BCUT2D eigenvalue weighted by atomic mass is 16.3. The average Bonchev–Trinajstić information content (AvgIpc) is 3.01. The fourth-order valence-electron chi connectivity index (χ4n) is 5.69. The maximum Gasteiger partial charge on any atom is 0.328 e. The highest BCUT2D eigenvalue weighted by Crippen LogP contribution is 2.55. The molecule has 5 rings (SSSR count). The van der Waals surface area contributed by atoms with Crippen LogP contribution in [0.5, 0.6) is 5.75 Å². The molecule has 1 saturated heterocycles. The van der Waals surface area contributed by atoms with Crippen LogP contribution in [0.2, 0.25) is 0 Å². The number of hydrogen-bond acceptors (Lipinski definition) is 6. The summed E-state index contributed by atoms with van der Waals surface area (Å²) in [6.45, 7) is 1.56. The smallest absolute Gasteiger partial charge is 0.328 e. The molecule has 0 spiro atoms. The van der Waals surface area contributed by atoms with E-state index in [1.54, 1.807) is 25.1 Å². The van der Waals surface area contributed by atoms with Crippen molar-refractivity contribution in [2.45, 2.75) is 25.7 Å². The van der Waals surface area contributed by atoms with Gasteiger partial charge in [0.25, 0.3) is 0 Å². The molecular weight excluding hydrogens is 412 g/mol. The molecule has 1 aliphatic heterocycles. The zero-order valence-corrected chi connectivity index (χ0v) is 17.2. The molecule has 1 heterocycles. The Bertz CT molecular complexity index is 1240. The van der Waals surface area contributed by atoms with Crippen LogP contribution >= 0.6 is 0 Å². The minimum atomic E-state index is -1.12. The number of hydrogen-bond donors (Lipinski definition) is 2. The number of allylic oxidation sites excluding steroid dienone is 6. The lowest BCUT2D eigenvalue weighted by atomic mass is 9.59. The lowest BCUT2D eigenvalue weighted by Crippen LogP contribution is -2.42. The molecule has 4 unspecified atom stereocenters. The highest BCUT2D eigenvalue weighted by molar-refractivity contribution is 6.24. The molecule has 3 N–H and O–H groups in total. The van der Waals surface area contributed by atoms with Gasteiger partial charge in [-0.1, -0.05) is 29.8 Å². The van der Waals surface area contributed by atoms with Crippen LogP contribution in [0.25, 0.3) is 0 Å². The summed E-state index contributed by atoms with van der Waals surface area (Å²) < 4.78 is 0. The van der Waals surface area contributed by atoms with Crippen molar-refractivity contribution in [3.05, 3.63) is 64.3 Å². The van der Waals surface area contributed by atoms with E-state index in [9.17, 15) is 29.1 Å². The van der Waals surface area contributed by atoms with Crippen LogP contribution < -0.4 is 5.73 Å². The molecule has 162 valence electrons. The molecule has 4 atom stereocenters. The zero-order chi connectivity index (χ0) is 22.9. The first-order valence-corrected chi connectivity index (χ1v) is 10.4. The summed E-state index contributed by atoms with van der Waals surface area (Å²) in [4.78, 5) is 64.2. The second-order valence-electron chi connectivity index (χ2n) is 8.64. The van der Waals surface area contributed by atoms with E-state index >= 15 is 0 Å². The Morgan fingerprint density at radius 3 is 2.50 bits per heavy atom. The maximum atomic E-state index is 13.1. The van der Waals surface area contributed by atoms with E-state index in [1.165, 1.54) is 12.1 Å². The van der Waals surface area contributed by atoms with Gasteiger partial charge < -0.3 is 10.8 Å². The van der Waals surface area contributed by atoms with Crippen LogP contribution in [-0.4, -0.2) is 39.4 Å². The van der Waals surface area contributed by atoms with Gasteiger partial charge in [-0.2, -0.15) is 4.90 Å². The molecule has 4 aliphatic rings. The Morgan fingerprint density at radius 2 is 1.81 bits per heavy atom. The number of ketones is 2. The number of amides is 4. The van der Waals surface area contributed by atoms with Crippen molar-refractivity contribution < 1.29 is 29.1 Å². The van der Waals surface area contributed by atoms with E-state index in [0.717, 1.165) is 0 Å². The van der Waals surface area contributed by atoms with E-state index in [-0.39, 0.29) is 30.2 Å². The second-order valence-corrected chi connectivity index (χ2v) is 8.64. The van der Waals surface area contributed by atoms with Crippen molar-refractivity contribution >= 4 is 29.4 Å². The molecule has 1 aromatic carbocycles. The van der Waals surface area contributed by atoms with Crippen molar-refractivity contribution in [2.75, 3.05) is 0 Å². The number of imide groups is 3. The molecule has 1 fully saturated rings. The number of rotatable bonds is 1. The number of phenolic OH excluding ortho intramolecular Hbond substituents is 1. The lowest BCUT2D eigenvalue weighted by Gasteiger charge is -2.42. The standard InChI is InChI=1S/C24H20N2O6/c1-10-8-17(28)20-15(21(10)29)9-14-11(18(20)12-4-2-3-5-16(12)27)6-7-13-19(14)23(31)26(22(13)30)24(25)32/h2-6,8,13-14,18-19,27H,7,9H2,1H3,(H2,25,32). The van der Waals surface area contributed by atoms with Crippen LogP contribution in [0.3, 0.4) is 0 Å². The van der Waals surface area contributed by atoms with Gasteiger partial charge in [-0.3, -0.25) is 19.2 Å². The van der Waals surface area contributed by atoms with Gasteiger partial charge in [0.1, 0.15) is 5.75 Å². The number of fused-ring (bicyclic) bond motifs is 3. The quantitative estimate of drug-likeness (QED) is 0.395. The van der Waals surface area contributed by atoms with Crippen molar-refractivity contribution in [2.24, 2.45) is 23.5 Å². The van der Waals surface area contributed by atoms with Gasteiger partial charge in [0.15, 0.2) is 11.6 Å². The Labute approximate surface area is 183 Å². The van der Waals surface area contributed by atoms with Crippen molar-refractivity contribution in [3.63, 3.8) is 0 Å². The Kier molecular flexibility index (Phi) is 4.30. The molecule has 0 saturated carbocycles. The number of nitrogens with two attached hydrogens (primary N) is 1. The molecule has 0 aromatic heterocycles. The van der Waals surface area contributed by atoms with E-state index < -0.39 is 41.5 Å². The summed E-state index contributed by atoms with van der Waals surface area (Å²) in [6.07, 6.45) is 3.42. The first-order chi connectivity index (χ1) is 15.2. The molecule has 0 radical (unpaired) electrons. The number of nitrogens with zero attached hydrogens (tertiary/aromatic N) is 1. The van der Waals surface area contributed by atoms with Gasteiger partial charge in [0, 0.05) is 28.2 Å². The minimum Gasteiger partial charge on any atom is -0.508 e. The van der Waals surface area contributed by atoms with E-state index in [1.807, 2.05) is 6.08 Å². The molecular formula is C24H20N2O6. The number of benzene rings is 1. The summed E-state index contributed by atoms with van der Waals surface area (Å²) in [7, 11) is 0. The summed E-state index contributed by atoms with van der Waals surface area (Å²) in [5, 5.41) is 10.6. The third-order valence-corrected chi connectivity index (χ3v) is 7.03. The Balaban J connectivity index is 1.71. The zero-order valence-electron chi connectivity index (χ0n) is 17.2. The monoisotopic (exact) mass is 432 g/mol. The maximum absolute atomic E-state index is 13.1. The first kappa shape index (κ1) is 20.1. The first-order valence-electron chi connectivity index (χ1n) is 10.4. The average molecular weight is 432 g/mol. The SMILES string of the molecule is CC1=CC(=O)C2=C(CC3C(=CCC4C(=O)N(C(N)=O)C(=O)C43)C2c2ccccc2O)C1=O. The number of Topliss-reactive ketones (excluding diaryl/α,β-unsaturated/α-hetero) is 1. The highest BCUT2D eigenvalue weighted by Gasteiger charge is 2.57. The lowest BCUT2D eigenvalue weighted by molar-refractivity contribution is -0.136. The predicted octanol–water partition coefficient (Wildman–Crippen LogP) is 1.90. The molecule has 8 nitrogen and oxygen atoms in total. The molecule has 4 amide bonds. The number of carbonyl (C=O) groups is 5.